The number of rotatable bonds is 6. The molecule has 0 spiro atoms. The van der Waals surface area contributed by atoms with E-state index in [1.807, 2.05) is 21.0 Å². The molecule has 1 aliphatic rings. The van der Waals surface area contributed by atoms with Crippen LogP contribution in [-0.2, 0) is 17.7 Å². The highest BCUT2D eigenvalue weighted by atomic mass is 16.5. The van der Waals surface area contributed by atoms with Crippen molar-refractivity contribution >= 4 is 11.8 Å². The normalized spacial score (nSPS) is 16.9. The van der Waals surface area contributed by atoms with Crippen molar-refractivity contribution in [3.05, 3.63) is 65.2 Å². The number of alkyl carbamates (subject to hydrolysis) is 1. The molecule has 0 aromatic heterocycles. The highest BCUT2D eigenvalue weighted by Crippen LogP contribution is 2.18. The Labute approximate surface area is 161 Å². The van der Waals surface area contributed by atoms with Crippen LogP contribution in [0.2, 0.25) is 0 Å². The highest BCUT2D eigenvalue weighted by Gasteiger charge is 2.29. The van der Waals surface area contributed by atoms with Crippen molar-refractivity contribution in [2.75, 3.05) is 38.7 Å². The molecule has 5 nitrogen and oxygen atoms in total. The minimum absolute atomic E-state index is 0.193. The quantitative estimate of drug-likeness (QED) is 0.822. The fourth-order valence-electron chi connectivity index (χ4n) is 3.77. The van der Waals surface area contributed by atoms with Gasteiger partial charge in [0, 0.05) is 37.3 Å². The minimum atomic E-state index is -0.343. The van der Waals surface area contributed by atoms with Crippen LogP contribution in [0.15, 0.2) is 48.5 Å². The van der Waals surface area contributed by atoms with Gasteiger partial charge in [-0.1, -0.05) is 36.4 Å². The van der Waals surface area contributed by atoms with Gasteiger partial charge in [0.05, 0.1) is 19.7 Å². The number of quaternary nitrogens is 1. The fourth-order valence-corrected chi connectivity index (χ4v) is 3.77. The van der Waals surface area contributed by atoms with E-state index in [2.05, 4.69) is 58.7 Å². The van der Waals surface area contributed by atoms with Crippen molar-refractivity contribution in [1.82, 2.24) is 5.32 Å². The Morgan fingerprint density at radius 3 is 2.52 bits per heavy atom. The second-order valence-electron chi connectivity index (χ2n) is 7.24. The number of amides is 1. The van der Waals surface area contributed by atoms with Gasteiger partial charge in [0.15, 0.2) is 0 Å². The summed E-state index contributed by atoms with van der Waals surface area (Å²) < 4.78 is 5.06. The Morgan fingerprint density at radius 1 is 1.15 bits per heavy atom. The summed E-state index contributed by atoms with van der Waals surface area (Å²) in [6.07, 6.45) is 0.723. The highest BCUT2D eigenvalue weighted by molar-refractivity contribution is 5.67. The first-order valence-corrected chi connectivity index (χ1v) is 9.67. The Morgan fingerprint density at radius 2 is 1.85 bits per heavy atom. The summed E-state index contributed by atoms with van der Waals surface area (Å²) in [6.45, 7) is 4.81. The van der Waals surface area contributed by atoms with Gasteiger partial charge >= 0.3 is 6.09 Å². The topological polar surface area (TPSA) is 46.0 Å². The van der Waals surface area contributed by atoms with E-state index in [9.17, 15) is 4.79 Å². The van der Waals surface area contributed by atoms with Crippen molar-refractivity contribution in [1.29, 1.82) is 0 Å². The first kappa shape index (κ1) is 19.2. The molecule has 0 radical (unpaired) electrons. The molecule has 0 saturated heterocycles. The average molecular weight is 369 g/mol. The zero-order valence-electron chi connectivity index (χ0n) is 16.5. The van der Waals surface area contributed by atoms with Gasteiger partial charge in [-0.05, 0) is 24.6 Å². The van der Waals surface area contributed by atoms with Crippen molar-refractivity contribution in [2.45, 2.75) is 25.9 Å². The minimum Gasteiger partial charge on any atom is -0.450 e. The van der Waals surface area contributed by atoms with Crippen LogP contribution in [0.1, 0.15) is 29.7 Å². The Balaban J connectivity index is 1.80. The lowest BCUT2D eigenvalue weighted by Gasteiger charge is -2.33. The average Bonchev–Trinajstić information content (AvgIpc) is 2.68. The lowest BCUT2D eigenvalue weighted by atomic mass is 9.96. The molecule has 3 rings (SSSR count). The van der Waals surface area contributed by atoms with Crippen molar-refractivity contribution in [3.8, 4) is 0 Å². The van der Waals surface area contributed by atoms with E-state index >= 15 is 0 Å². The second kappa shape index (κ2) is 8.91. The standard InChI is InChI=1S/C22H29N3O2/c1-4-27-22(26)23-15-21(18-9-11-20(12-10-18)24(2)3)25-14-13-17-7-5-6-8-19(17)16-25/h5-12,21H,4,13-16H2,1-3H3,(H,23,26)/p+1/t21-/m1/s1. The number of nitrogens with zero attached hydrogens (tertiary/aromatic N) is 1. The second-order valence-corrected chi connectivity index (χ2v) is 7.24. The monoisotopic (exact) mass is 368 g/mol. The van der Waals surface area contributed by atoms with Crippen molar-refractivity contribution in [2.24, 2.45) is 0 Å². The SMILES string of the molecule is CCOC(=O)NC[C@H](c1ccc(N(C)C)cc1)[NH+]1CCc2ccccc2C1. The lowest BCUT2D eigenvalue weighted by Crippen LogP contribution is -3.12. The zero-order chi connectivity index (χ0) is 19.2. The molecule has 1 unspecified atom stereocenters. The third kappa shape index (κ3) is 4.80. The van der Waals surface area contributed by atoms with Crippen LogP contribution >= 0.6 is 0 Å². The van der Waals surface area contributed by atoms with Crippen LogP contribution < -0.4 is 15.1 Å². The van der Waals surface area contributed by atoms with Gasteiger partial charge in [0.25, 0.3) is 0 Å². The van der Waals surface area contributed by atoms with Crippen LogP contribution in [0.25, 0.3) is 0 Å². The first-order chi connectivity index (χ1) is 13.1. The third-order valence-electron chi connectivity index (χ3n) is 5.28. The number of fused-ring (bicyclic) bond motifs is 1. The van der Waals surface area contributed by atoms with Crippen LogP contribution in [0.5, 0.6) is 0 Å². The summed E-state index contributed by atoms with van der Waals surface area (Å²) in [5.74, 6) is 0. The summed E-state index contributed by atoms with van der Waals surface area (Å²) in [5, 5.41) is 2.95. The molecular weight excluding hydrogens is 338 g/mol. The maximum Gasteiger partial charge on any atom is 0.407 e. The van der Waals surface area contributed by atoms with Gasteiger partial charge < -0.3 is 19.9 Å². The molecule has 2 N–H and O–H groups in total. The zero-order valence-corrected chi connectivity index (χ0v) is 16.5. The van der Waals surface area contributed by atoms with Crippen molar-refractivity contribution < 1.29 is 14.4 Å². The third-order valence-corrected chi connectivity index (χ3v) is 5.28. The number of carbonyl (C=O) groups is 1. The summed E-state index contributed by atoms with van der Waals surface area (Å²) in [5.41, 5.74) is 5.27. The van der Waals surface area contributed by atoms with E-state index in [4.69, 9.17) is 4.74 Å². The molecular formula is C22H30N3O2+. The molecule has 1 heterocycles. The van der Waals surface area contributed by atoms with Crippen molar-refractivity contribution in [3.63, 3.8) is 0 Å². The maximum atomic E-state index is 11.9. The molecule has 144 valence electrons. The van der Waals surface area contributed by atoms with E-state index in [0.717, 1.165) is 19.5 Å². The first-order valence-electron chi connectivity index (χ1n) is 9.67. The van der Waals surface area contributed by atoms with Crippen LogP contribution in [0.4, 0.5) is 10.5 Å². The number of hydrogen-bond donors (Lipinski definition) is 2. The lowest BCUT2D eigenvalue weighted by molar-refractivity contribution is -0.945. The summed E-state index contributed by atoms with van der Waals surface area (Å²) in [4.78, 5) is 15.4. The van der Waals surface area contributed by atoms with Gasteiger partial charge in [-0.2, -0.15) is 0 Å². The molecule has 5 heteroatoms. The summed E-state index contributed by atoms with van der Waals surface area (Å²) in [7, 11) is 4.09. The molecule has 1 amide bonds. The summed E-state index contributed by atoms with van der Waals surface area (Å²) >= 11 is 0. The molecule has 0 saturated carbocycles. The predicted molar refractivity (Wildman–Crippen MR) is 108 cm³/mol. The van der Waals surface area contributed by atoms with Gasteiger partial charge in [-0.25, -0.2) is 4.79 Å². The number of hydrogen-bond acceptors (Lipinski definition) is 3. The van der Waals surface area contributed by atoms with Crippen LogP contribution in [-0.4, -0.2) is 39.9 Å². The molecule has 2 aromatic rings. The van der Waals surface area contributed by atoms with E-state index in [1.54, 1.807) is 0 Å². The molecule has 2 aromatic carbocycles. The molecule has 27 heavy (non-hydrogen) atoms. The Bertz CT molecular complexity index is 758. The number of anilines is 1. The van der Waals surface area contributed by atoms with Crippen LogP contribution in [0, 0.1) is 0 Å². The molecule has 2 atom stereocenters. The predicted octanol–water partition coefficient (Wildman–Crippen LogP) is 2.18. The molecule has 1 aliphatic heterocycles. The maximum absolute atomic E-state index is 11.9. The Kier molecular flexibility index (Phi) is 6.35. The van der Waals surface area contributed by atoms with E-state index < -0.39 is 0 Å². The molecule has 0 aliphatic carbocycles. The van der Waals surface area contributed by atoms with Gasteiger partial charge in [0.1, 0.15) is 12.6 Å². The molecule has 0 fully saturated rings. The van der Waals surface area contributed by atoms with E-state index in [1.165, 1.54) is 27.3 Å². The van der Waals surface area contributed by atoms with Crippen LogP contribution in [0.3, 0.4) is 0 Å². The number of nitrogens with one attached hydrogen (secondary N) is 2. The number of benzene rings is 2. The van der Waals surface area contributed by atoms with Gasteiger partial charge in [-0.3, -0.25) is 0 Å². The number of carbonyl (C=O) groups excluding carboxylic acids is 1. The van der Waals surface area contributed by atoms with E-state index in [0.29, 0.717) is 13.2 Å². The fraction of sp³-hybridized carbons (Fsp3) is 0.409. The molecule has 0 bridgehead atoms. The Hall–Kier alpha value is -2.53. The summed E-state index contributed by atoms with van der Waals surface area (Å²) in [6, 6.07) is 17.5. The van der Waals surface area contributed by atoms with Gasteiger partial charge in [-0.15, -0.1) is 0 Å². The smallest absolute Gasteiger partial charge is 0.407 e. The number of ether oxygens (including phenoxy) is 1. The largest absolute Gasteiger partial charge is 0.450 e. The van der Waals surface area contributed by atoms with E-state index in [-0.39, 0.29) is 12.1 Å². The van der Waals surface area contributed by atoms with Gasteiger partial charge in [0.2, 0.25) is 0 Å².